The second-order valence-corrected chi connectivity index (χ2v) is 16.3. The van der Waals surface area contributed by atoms with E-state index in [0.29, 0.717) is 30.6 Å². The van der Waals surface area contributed by atoms with E-state index in [0.717, 1.165) is 56.9 Å². The van der Waals surface area contributed by atoms with Gasteiger partial charge >= 0.3 is 17.1 Å². The van der Waals surface area contributed by atoms with Crippen molar-refractivity contribution >= 4 is 5.82 Å². The van der Waals surface area contributed by atoms with Crippen molar-refractivity contribution in [2.45, 2.75) is 155 Å². The van der Waals surface area contributed by atoms with Crippen molar-refractivity contribution in [2.24, 2.45) is 17.8 Å². The van der Waals surface area contributed by atoms with Gasteiger partial charge in [-0.15, -0.1) is 5.92 Å². The number of hydrogen-bond donors (Lipinski definition) is 3. The average Bonchev–Trinajstić information content (AvgIpc) is 3.78. The largest absolute Gasteiger partial charge is 0.389 e. The molecule has 4 N–H and O–H groups in total. The number of fused-ring (bicyclic) bond motifs is 4. The maximum absolute atomic E-state index is 12.2. The molecule has 8 heterocycles. The zero-order chi connectivity index (χ0) is 42.8. The van der Waals surface area contributed by atoms with Gasteiger partial charge in [-0.2, -0.15) is 4.98 Å². The van der Waals surface area contributed by atoms with E-state index in [-0.39, 0.29) is 97.0 Å². The van der Waals surface area contributed by atoms with E-state index in [4.69, 9.17) is 29.4 Å². The number of rotatable bonds is 9. The fourth-order valence-electron chi connectivity index (χ4n) is 9.87. The maximum Gasteiger partial charge on any atom is 0.351 e. The van der Waals surface area contributed by atoms with Crippen molar-refractivity contribution in [3.05, 3.63) is 94.4 Å². The van der Waals surface area contributed by atoms with Gasteiger partial charge in [0.05, 0.1) is 11.2 Å². The number of hydrogen-bond acceptors (Lipinski definition) is 12. The number of anilines is 1. The van der Waals surface area contributed by atoms with Crippen LogP contribution < -0.4 is 33.9 Å². The van der Waals surface area contributed by atoms with Crippen molar-refractivity contribution < 1.29 is 56.4 Å². The second-order valence-electron chi connectivity index (χ2n) is 16.3. The zero-order valence-corrected chi connectivity index (χ0v) is 39.0. The standard InChI is InChI=1S/C15H23N3O3.C15H22N2O4.C12H17N2O3.Y/c1-4-10-11-13(21-15(10,5-2)6-7-20-11)18-8-9(3)12(16)17-14(18)19;1-4-10-11-13(21-15(10,5-2)6-7-20-11)17-8-9(3)12(18)16-14(17)19;1-3-8-7-11(17-9(8)4-2)14-6-5-10(15)13-12(14)16;/h8,10-11,13H,4-7H2,1-3H3,(H2,16,17,19);8,10-11,13H,4-7H2,1-3H3,(H,16,18,19);5-9,11H,3-4H2,1-2H3,(H,13,15,16);/q;;-1;/t2*10?,11-,13+,15-;8?,9-,11-;/m001./s1. The first-order valence-corrected chi connectivity index (χ1v) is 21.3. The van der Waals surface area contributed by atoms with Gasteiger partial charge in [-0.05, 0) is 46.0 Å². The molecule has 0 saturated carbocycles. The molecule has 4 bridgehead atoms. The Hall–Kier alpha value is -3.06. The van der Waals surface area contributed by atoms with Crippen LogP contribution in [0.3, 0.4) is 0 Å². The summed E-state index contributed by atoms with van der Waals surface area (Å²) in [5.41, 5.74) is 4.60. The number of aromatic amines is 2. The van der Waals surface area contributed by atoms with Gasteiger partial charge in [0, 0.05) is 119 Å². The predicted molar refractivity (Wildman–Crippen MR) is 220 cm³/mol. The summed E-state index contributed by atoms with van der Waals surface area (Å²) in [4.78, 5) is 66.9. The minimum absolute atomic E-state index is 0. The number of aromatic nitrogens is 6. The van der Waals surface area contributed by atoms with Crippen molar-refractivity contribution in [1.29, 1.82) is 0 Å². The van der Waals surface area contributed by atoms with Gasteiger partial charge < -0.3 is 34.0 Å². The summed E-state index contributed by atoms with van der Waals surface area (Å²) in [6.07, 6.45) is 12.9. The van der Waals surface area contributed by atoms with E-state index in [9.17, 15) is 24.0 Å². The van der Waals surface area contributed by atoms with Crippen LogP contribution in [0.15, 0.2) is 48.6 Å². The van der Waals surface area contributed by atoms with Gasteiger partial charge in [0.1, 0.15) is 18.0 Å². The first-order chi connectivity index (χ1) is 28.2. The van der Waals surface area contributed by atoms with E-state index in [1.165, 1.54) is 21.4 Å². The topological polar surface area (TPSA) is 217 Å². The maximum atomic E-state index is 12.2. The fraction of sp³-hybridized carbons (Fsp3) is 0.690. The van der Waals surface area contributed by atoms with Gasteiger partial charge in [0.15, 0.2) is 12.5 Å². The fourth-order valence-corrected chi connectivity index (χ4v) is 9.87. The number of nitrogens with two attached hydrogens (primary N) is 1. The van der Waals surface area contributed by atoms with Crippen LogP contribution >= 0.6 is 0 Å². The van der Waals surface area contributed by atoms with Crippen molar-refractivity contribution in [2.75, 3.05) is 18.9 Å². The number of nitrogens with zero attached hydrogens (tertiary/aromatic N) is 4. The Morgan fingerprint density at radius 2 is 1.32 bits per heavy atom. The Morgan fingerprint density at radius 3 is 1.80 bits per heavy atom. The zero-order valence-electron chi connectivity index (χ0n) is 36.2. The van der Waals surface area contributed by atoms with Gasteiger partial charge in [0.2, 0.25) is 0 Å². The Morgan fingerprint density at radius 1 is 0.767 bits per heavy atom. The normalized spacial score (nSPS) is 32.6. The number of aryl methyl sites for hydroxylation is 2. The number of ether oxygens (including phenoxy) is 5. The third kappa shape index (κ3) is 9.18. The molecule has 17 nitrogen and oxygen atoms in total. The van der Waals surface area contributed by atoms with E-state index in [1.807, 2.05) is 13.3 Å². The SMILES string of the molecule is CCC1[C@@H]2OCC[C@]1(CC)O[C@H]2n1cc(C)c(=O)[nH]c1=O.CCC1[C@@H]2OCC[C@]1(CC)O[C@H]2n1cc(C)c(N)nc1=O.CCC1[CH-][C@H](n2ccc(=O)[nH]c2=O)O[C@@H]1CC.[Y]. The van der Waals surface area contributed by atoms with E-state index in [1.54, 1.807) is 23.9 Å². The van der Waals surface area contributed by atoms with Crippen LogP contribution in [-0.2, 0) is 56.4 Å². The molecular formula is C42H62N7O10Y-. The summed E-state index contributed by atoms with van der Waals surface area (Å²) < 4.78 is 34.8. The van der Waals surface area contributed by atoms with Crippen molar-refractivity contribution in [1.82, 2.24) is 28.7 Å². The Kier molecular flexibility index (Phi) is 16.0. The van der Waals surface area contributed by atoms with Crippen LogP contribution in [0.25, 0.3) is 0 Å². The molecule has 5 aliphatic rings. The first-order valence-electron chi connectivity index (χ1n) is 21.3. The molecule has 0 aromatic carbocycles. The second kappa shape index (κ2) is 20.0. The molecule has 60 heavy (non-hydrogen) atoms. The number of nitrogen functional groups attached to an aromatic ring is 1. The molecule has 3 aromatic rings. The molecule has 1 radical (unpaired) electrons. The van der Waals surface area contributed by atoms with Gasteiger partial charge in [-0.3, -0.25) is 35.1 Å². The third-order valence-electron chi connectivity index (χ3n) is 13.2. The minimum atomic E-state index is -0.458. The Labute approximate surface area is 375 Å². The Bertz CT molecular complexity index is 2230. The van der Waals surface area contributed by atoms with E-state index in [2.05, 4.69) is 56.5 Å². The van der Waals surface area contributed by atoms with Crippen LogP contribution in [0.4, 0.5) is 5.82 Å². The molecule has 0 aliphatic carbocycles. The molecular weight excluding hydrogens is 851 g/mol. The Balaban J connectivity index is 0.000000170. The first kappa shape index (κ1) is 48.0. The summed E-state index contributed by atoms with van der Waals surface area (Å²) in [7, 11) is 0. The van der Waals surface area contributed by atoms with Gasteiger partial charge in [-0.1, -0.05) is 48.0 Å². The number of H-pyrrole nitrogens is 2. The molecule has 0 amide bonds. The predicted octanol–water partition coefficient (Wildman–Crippen LogP) is 4.04. The van der Waals surface area contributed by atoms with Crippen molar-refractivity contribution in [3.8, 4) is 0 Å². The summed E-state index contributed by atoms with van der Waals surface area (Å²) in [5.74, 6) is 1.23. The number of nitrogens with one attached hydrogen (secondary N) is 2. The van der Waals surface area contributed by atoms with E-state index < -0.39 is 23.8 Å². The monoisotopic (exact) mass is 913 g/mol. The summed E-state index contributed by atoms with van der Waals surface area (Å²) in [6.45, 7) is 17.6. The van der Waals surface area contributed by atoms with Crippen LogP contribution in [-0.4, -0.2) is 71.4 Å². The van der Waals surface area contributed by atoms with Crippen molar-refractivity contribution in [3.63, 3.8) is 0 Å². The molecule has 0 spiro atoms. The van der Waals surface area contributed by atoms with Crippen LogP contribution in [0, 0.1) is 38.0 Å². The molecule has 5 fully saturated rings. The molecule has 3 unspecified atom stereocenters. The van der Waals surface area contributed by atoms with Gasteiger partial charge in [0.25, 0.3) is 11.1 Å². The molecule has 5 saturated heterocycles. The third-order valence-corrected chi connectivity index (χ3v) is 13.2. The summed E-state index contributed by atoms with van der Waals surface area (Å²) in [6, 6.07) is 1.33. The molecule has 11 atom stereocenters. The molecule has 8 rings (SSSR count). The molecule has 329 valence electrons. The molecule has 18 heteroatoms. The van der Waals surface area contributed by atoms with Crippen LogP contribution in [0.2, 0.25) is 0 Å². The minimum Gasteiger partial charge on any atom is -0.389 e. The van der Waals surface area contributed by atoms with Crippen LogP contribution in [0.1, 0.15) is 123 Å². The average molecular weight is 914 g/mol. The van der Waals surface area contributed by atoms with Gasteiger partial charge in [-0.25, -0.2) is 14.4 Å². The van der Waals surface area contributed by atoms with E-state index >= 15 is 0 Å². The molecule has 3 aromatic heterocycles. The summed E-state index contributed by atoms with van der Waals surface area (Å²) >= 11 is 0. The molecule has 5 aliphatic heterocycles. The quantitative estimate of drug-likeness (QED) is 0.260. The summed E-state index contributed by atoms with van der Waals surface area (Å²) in [5, 5.41) is 0. The van der Waals surface area contributed by atoms with Crippen LogP contribution in [0.5, 0.6) is 0 Å². The smallest absolute Gasteiger partial charge is 0.351 e.